The van der Waals surface area contributed by atoms with E-state index in [1.54, 1.807) is 0 Å². The van der Waals surface area contributed by atoms with Gasteiger partial charge in [0.2, 0.25) is 0 Å². The first-order valence-electron chi connectivity index (χ1n) is 6.28. The highest BCUT2D eigenvalue weighted by Crippen LogP contribution is 2.24. The standard InChI is InChI=1S/C15H24O2/c1-6-7-16-13-8-12(2)9-14(10-13)17-11-15(3,4)5/h8-10H,6-7,11H2,1-5H3. The van der Waals surface area contributed by atoms with Crippen LogP contribution in [-0.4, -0.2) is 13.2 Å². The Balaban J connectivity index is 2.68. The summed E-state index contributed by atoms with van der Waals surface area (Å²) in [5, 5.41) is 0. The van der Waals surface area contributed by atoms with Crippen LogP contribution < -0.4 is 9.47 Å². The van der Waals surface area contributed by atoms with Gasteiger partial charge in [-0.1, -0.05) is 27.7 Å². The van der Waals surface area contributed by atoms with E-state index in [0.717, 1.165) is 24.5 Å². The molecular weight excluding hydrogens is 212 g/mol. The van der Waals surface area contributed by atoms with E-state index >= 15 is 0 Å². The molecule has 0 aliphatic carbocycles. The van der Waals surface area contributed by atoms with E-state index in [0.29, 0.717) is 6.61 Å². The van der Waals surface area contributed by atoms with Gasteiger partial charge in [-0.15, -0.1) is 0 Å². The van der Waals surface area contributed by atoms with Crippen molar-refractivity contribution in [3.63, 3.8) is 0 Å². The van der Waals surface area contributed by atoms with Gasteiger partial charge in [-0.25, -0.2) is 0 Å². The molecule has 0 radical (unpaired) electrons. The highest BCUT2D eigenvalue weighted by molar-refractivity contribution is 5.37. The Bertz CT molecular complexity index is 350. The molecule has 0 spiro atoms. The summed E-state index contributed by atoms with van der Waals surface area (Å²) >= 11 is 0. The maximum Gasteiger partial charge on any atom is 0.123 e. The monoisotopic (exact) mass is 236 g/mol. The first kappa shape index (κ1) is 13.9. The van der Waals surface area contributed by atoms with Crippen LogP contribution >= 0.6 is 0 Å². The van der Waals surface area contributed by atoms with Crippen LogP contribution in [0.15, 0.2) is 18.2 Å². The molecule has 0 heterocycles. The molecule has 0 amide bonds. The van der Waals surface area contributed by atoms with Gasteiger partial charge >= 0.3 is 0 Å². The number of aryl methyl sites for hydroxylation is 1. The third kappa shape index (κ3) is 5.62. The Labute approximate surface area is 105 Å². The van der Waals surface area contributed by atoms with Crippen LogP contribution in [0.5, 0.6) is 11.5 Å². The summed E-state index contributed by atoms with van der Waals surface area (Å²) in [5.74, 6) is 1.79. The van der Waals surface area contributed by atoms with Crippen LogP contribution in [0.25, 0.3) is 0 Å². The van der Waals surface area contributed by atoms with Crippen molar-refractivity contribution in [2.24, 2.45) is 5.41 Å². The van der Waals surface area contributed by atoms with Crippen molar-refractivity contribution in [3.8, 4) is 11.5 Å². The molecule has 0 atom stereocenters. The summed E-state index contributed by atoms with van der Waals surface area (Å²) in [7, 11) is 0. The number of benzene rings is 1. The minimum Gasteiger partial charge on any atom is -0.493 e. The van der Waals surface area contributed by atoms with E-state index in [1.807, 2.05) is 18.2 Å². The van der Waals surface area contributed by atoms with Gasteiger partial charge in [0, 0.05) is 6.07 Å². The van der Waals surface area contributed by atoms with Crippen LogP contribution in [0.3, 0.4) is 0 Å². The Morgan fingerprint density at radius 1 is 1.00 bits per heavy atom. The molecule has 2 nitrogen and oxygen atoms in total. The summed E-state index contributed by atoms with van der Waals surface area (Å²) in [6, 6.07) is 6.05. The zero-order valence-electron chi connectivity index (χ0n) is 11.7. The second-order valence-corrected chi connectivity index (χ2v) is 5.68. The lowest BCUT2D eigenvalue weighted by Gasteiger charge is -2.19. The van der Waals surface area contributed by atoms with Crippen LogP contribution in [0.2, 0.25) is 0 Å². The fraction of sp³-hybridized carbons (Fsp3) is 0.600. The van der Waals surface area contributed by atoms with E-state index in [-0.39, 0.29) is 5.41 Å². The summed E-state index contributed by atoms with van der Waals surface area (Å²) in [6.07, 6.45) is 1.02. The highest BCUT2D eigenvalue weighted by atomic mass is 16.5. The SMILES string of the molecule is CCCOc1cc(C)cc(OCC(C)(C)C)c1. The van der Waals surface area contributed by atoms with Gasteiger partial charge in [0.05, 0.1) is 13.2 Å². The van der Waals surface area contributed by atoms with E-state index in [1.165, 1.54) is 5.56 Å². The lowest BCUT2D eigenvalue weighted by molar-refractivity contribution is 0.197. The maximum atomic E-state index is 5.79. The van der Waals surface area contributed by atoms with Crippen LogP contribution in [0, 0.1) is 12.3 Å². The molecule has 0 saturated carbocycles. The molecule has 1 rings (SSSR count). The number of ether oxygens (including phenoxy) is 2. The summed E-state index contributed by atoms with van der Waals surface area (Å²) in [6.45, 7) is 12.1. The Kier molecular flexibility index (Phi) is 4.86. The van der Waals surface area contributed by atoms with Crippen molar-refractivity contribution >= 4 is 0 Å². The quantitative estimate of drug-likeness (QED) is 0.762. The second-order valence-electron chi connectivity index (χ2n) is 5.68. The van der Waals surface area contributed by atoms with Gasteiger partial charge in [-0.05, 0) is 36.5 Å². The van der Waals surface area contributed by atoms with E-state index in [2.05, 4.69) is 34.6 Å². The molecule has 96 valence electrons. The fourth-order valence-corrected chi connectivity index (χ4v) is 1.40. The second kappa shape index (κ2) is 5.95. The first-order valence-corrected chi connectivity index (χ1v) is 6.28. The minimum atomic E-state index is 0.175. The number of hydrogen-bond donors (Lipinski definition) is 0. The molecule has 17 heavy (non-hydrogen) atoms. The number of rotatable bonds is 5. The molecule has 1 aromatic carbocycles. The Morgan fingerprint density at radius 2 is 1.59 bits per heavy atom. The first-order chi connectivity index (χ1) is 7.90. The van der Waals surface area contributed by atoms with Crippen LogP contribution in [0.4, 0.5) is 0 Å². The molecule has 0 aliphatic heterocycles. The van der Waals surface area contributed by atoms with Crippen molar-refractivity contribution in [1.82, 2.24) is 0 Å². The lowest BCUT2D eigenvalue weighted by atomic mass is 9.99. The van der Waals surface area contributed by atoms with Crippen molar-refractivity contribution in [2.45, 2.75) is 41.0 Å². The van der Waals surface area contributed by atoms with Crippen molar-refractivity contribution < 1.29 is 9.47 Å². The smallest absolute Gasteiger partial charge is 0.123 e. The zero-order valence-corrected chi connectivity index (χ0v) is 11.7. The van der Waals surface area contributed by atoms with Crippen LogP contribution in [0.1, 0.15) is 39.7 Å². The summed E-state index contributed by atoms with van der Waals surface area (Å²) < 4.78 is 11.4. The highest BCUT2D eigenvalue weighted by Gasteiger charge is 2.11. The zero-order chi connectivity index (χ0) is 12.9. The van der Waals surface area contributed by atoms with E-state index in [9.17, 15) is 0 Å². The van der Waals surface area contributed by atoms with Gasteiger partial charge in [0.15, 0.2) is 0 Å². The third-order valence-corrected chi connectivity index (χ3v) is 2.17. The topological polar surface area (TPSA) is 18.5 Å². The maximum absolute atomic E-state index is 5.79. The predicted octanol–water partition coefficient (Wildman–Crippen LogP) is 4.21. The Morgan fingerprint density at radius 3 is 2.12 bits per heavy atom. The molecule has 0 aromatic heterocycles. The normalized spacial score (nSPS) is 11.4. The molecular formula is C15H24O2. The minimum absolute atomic E-state index is 0.175. The fourth-order valence-electron chi connectivity index (χ4n) is 1.40. The largest absolute Gasteiger partial charge is 0.493 e. The summed E-state index contributed by atoms with van der Waals surface area (Å²) in [5.41, 5.74) is 1.34. The van der Waals surface area contributed by atoms with Crippen molar-refractivity contribution in [3.05, 3.63) is 23.8 Å². The van der Waals surface area contributed by atoms with Gasteiger partial charge in [0.1, 0.15) is 11.5 Å². The average molecular weight is 236 g/mol. The molecule has 1 aromatic rings. The van der Waals surface area contributed by atoms with E-state index in [4.69, 9.17) is 9.47 Å². The predicted molar refractivity (Wildman–Crippen MR) is 71.9 cm³/mol. The number of hydrogen-bond acceptors (Lipinski definition) is 2. The third-order valence-electron chi connectivity index (χ3n) is 2.17. The molecule has 2 heteroatoms. The van der Waals surface area contributed by atoms with Crippen molar-refractivity contribution in [2.75, 3.05) is 13.2 Å². The van der Waals surface area contributed by atoms with Gasteiger partial charge in [0.25, 0.3) is 0 Å². The van der Waals surface area contributed by atoms with Crippen molar-refractivity contribution in [1.29, 1.82) is 0 Å². The van der Waals surface area contributed by atoms with Gasteiger partial charge in [-0.2, -0.15) is 0 Å². The van der Waals surface area contributed by atoms with Gasteiger partial charge < -0.3 is 9.47 Å². The average Bonchev–Trinajstić information content (AvgIpc) is 2.22. The summed E-state index contributed by atoms with van der Waals surface area (Å²) in [4.78, 5) is 0. The molecule has 0 fully saturated rings. The molecule has 0 saturated heterocycles. The van der Waals surface area contributed by atoms with Gasteiger partial charge in [-0.3, -0.25) is 0 Å². The Hall–Kier alpha value is -1.18. The molecule has 0 aliphatic rings. The molecule has 0 bridgehead atoms. The molecule has 0 unspecified atom stereocenters. The lowest BCUT2D eigenvalue weighted by Crippen LogP contribution is -2.16. The molecule has 0 N–H and O–H groups in total. The van der Waals surface area contributed by atoms with E-state index < -0.39 is 0 Å². The van der Waals surface area contributed by atoms with Crippen LogP contribution in [-0.2, 0) is 0 Å².